The van der Waals surface area contributed by atoms with Gasteiger partial charge in [0.2, 0.25) is 5.91 Å². The average molecular weight is 249 g/mol. The average Bonchev–Trinajstić information content (AvgIpc) is 2.21. The molecule has 1 saturated carbocycles. The Morgan fingerprint density at radius 3 is 2.44 bits per heavy atom. The van der Waals surface area contributed by atoms with E-state index in [9.17, 15) is 4.79 Å². The van der Waals surface area contributed by atoms with Crippen LogP contribution in [0.5, 0.6) is 0 Å². The van der Waals surface area contributed by atoms with E-state index in [-0.39, 0.29) is 24.4 Å². The third-order valence-electron chi connectivity index (χ3n) is 3.37. The minimum atomic E-state index is 0. The van der Waals surface area contributed by atoms with Crippen LogP contribution in [-0.4, -0.2) is 18.5 Å². The minimum Gasteiger partial charge on any atom is -0.352 e. The monoisotopic (exact) mass is 248 g/mol. The van der Waals surface area contributed by atoms with Crippen molar-refractivity contribution in [3.8, 4) is 0 Å². The smallest absolute Gasteiger partial charge is 0.220 e. The van der Waals surface area contributed by atoms with Gasteiger partial charge in [-0.05, 0) is 31.6 Å². The molecule has 4 heteroatoms. The Balaban J connectivity index is 0.00000225. The second-order valence-electron chi connectivity index (χ2n) is 5.03. The quantitative estimate of drug-likeness (QED) is 0.801. The normalized spacial score (nSPS) is 26.7. The number of halogens is 1. The summed E-state index contributed by atoms with van der Waals surface area (Å²) in [6, 6.07) is 0.111. The summed E-state index contributed by atoms with van der Waals surface area (Å²) in [6.07, 6.45) is 5.68. The number of hydrogen-bond acceptors (Lipinski definition) is 2. The fourth-order valence-electron chi connectivity index (χ4n) is 2.19. The summed E-state index contributed by atoms with van der Waals surface area (Å²) < 4.78 is 0. The maximum absolute atomic E-state index is 11.6. The van der Waals surface area contributed by atoms with E-state index in [4.69, 9.17) is 5.73 Å². The fourth-order valence-corrected chi connectivity index (χ4v) is 2.19. The molecule has 16 heavy (non-hydrogen) atoms. The van der Waals surface area contributed by atoms with E-state index in [0.717, 1.165) is 5.92 Å². The van der Waals surface area contributed by atoms with E-state index in [1.165, 1.54) is 25.7 Å². The molecule has 1 atom stereocenters. The number of amides is 1. The molecule has 1 aliphatic rings. The van der Waals surface area contributed by atoms with Crippen LogP contribution in [0.4, 0.5) is 0 Å². The van der Waals surface area contributed by atoms with Crippen LogP contribution >= 0.6 is 12.4 Å². The molecule has 96 valence electrons. The highest BCUT2D eigenvalue weighted by Crippen LogP contribution is 2.30. The lowest BCUT2D eigenvalue weighted by atomic mass is 9.81. The molecule has 0 unspecified atom stereocenters. The van der Waals surface area contributed by atoms with Crippen molar-refractivity contribution in [1.82, 2.24) is 5.32 Å². The Labute approximate surface area is 105 Å². The molecule has 1 fully saturated rings. The summed E-state index contributed by atoms with van der Waals surface area (Å²) in [6.45, 7) is 4.76. The van der Waals surface area contributed by atoms with E-state index in [0.29, 0.717) is 18.9 Å². The molecule has 0 bridgehead atoms. The molecule has 1 aliphatic carbocycles. The Morgan fingerprint density at radius 1 is 1.38 bits per heavy atom. The number of hydrogen-bond donors (Lipinski definition) is 2. The van der Waals surface area contributed by atoms with E-state index in [1.807, 2.05) is 6.92 Å². The maximum atomic E-state index is 11.6. The molecular weight excluding hydrogens is 224 g/mol. The lowest BCUT2D eigenvalue weighted by molar-refractivity contribution is -0.122. The maximum Gasteiger partial charge on any atom is 0.220 e. The first-order valence-electron chi connectivity index (χ1n) is 6.11. The van der Waals surface area contributed by atoms with E-state index in [2.05, 4.69) is 12.2 Å². The van der Waals surface area contributed by atoms with Gasteiger partial charge in [-0.15, -0.1) is 12.4 Å². The van der Waals surface area contributed by atoms with Crippen LogP contribution in [-0.2, 0) is 4.79 Å². The predicted octanol–water partition coefficient (Wildman–Crippen LogP) is 2.09. The van der Waals surface area contributed by atoms with Crippen LogP contribution in [0.1, 0.15) is 46.0 Å². The van der Waals surface area contributed by atoms with Gasteiger partial charge in [-0.3, -0.25) is 4.79 Å². The molecule has 0 saturated heterocycles. The van der Waals surface area contributed by atoms with Crippen LogP contribution in [0.15, 0.2) is 0 Å². The molecule has 0 spiro atoms. The number of carbonyl (C=O) groups is 1. The molecule has 3 nitrogen and oxygen atoms in total. The Kier molecular flexibility index (Phi) is 7.77. The molecule has 0 aliphatic heterocycles. The van der Waals surface area contributed by atoms with Crippen LogP contribution in [0.25, 0.3) is 0 Å². The Hall–Kier alpha value is -0.280. The standard InChI is InChI=1S/C12H24N2O.ClH/c1-9-3-5-11(6-4-9)7-12(15)14-10(2)8-13;/h9-11H,3-8,13H2,1-2H3,(H,14,15);1H/t9?,10-,11?;/m1./s1. The molecular formula is C12H25ClN2O. The highest BCUT2D eigenvalue weighted by atomic mass is 35.5. The van der Waals surface area contributed by atoms with Crippen LogP contribution < -0.4 is 11.1 Å². The number of rotatable bonds is 4. The number of nitrogens with one attached hydrogen (secondary N) is 1. The lowest BCUT2D eigenvalue weighted by Gasteiger charge is -2.26. The molecule has 0 aromatic rings. The van der Waals surface area contributed by atoms with E-state index < -0.39 is 0 Å². The molecule has 1 rings (SSSR count). The van der Waals surface area contributed by atoms with Gasteiger partial charge in [-0.2, -0.15) is 0 Å². The van der Waals surface area contributed by atoms with Crippen molar-refractivity contribution in [2.24, 2.45) is 17.6 Å². The summed E-state index contributed by atoms with van der Waals surface area (Å²) in [7, 11) is 0. The minimum absolute atomic E-state index is 0. The first-order valence-corrected chi connectivity index (χ1v) is 6.11. The van der Waals surface area contributed by atoms with Crippen molar-refractivity contribution in [2.45, 2.75) is 52.0 Å². The highest BCUT2D eigenvalue weighted by Gasteiger charge is 2.20. The molecule has 1 amide bonds. The van der Waals surface area contributed by atoms with Crippen molar-refractivity contribution in [3.05, 3.63) is 0 Å². The van der Waals surface area contributed by atoms with Crippen molar-refractivity contribution in [2.75, 3.05) is 6.54 Å². The predicted molar refractivity (Wildman–Crippen MR) is 69.6 cm³/mol. The molecule has 0 aromatic carbocycles. The van der Waals surface area contributed by atoms with Crippen molar-refractivity contribution >= 4 is 18.3 Å². The van der Waals surface area contributed by atoms with Gasteiger partial charge in [0.15, 0.2) is 0 Å². The summed E-state index contributed by atoms with van der Waals surface area (Å²) >= 11 is 0. The van der Waals surface area contributed by atoms with Crippen LogP contribution in [0, 0.1) is 11.8 Å². The zero-order valence-corrected chi connectivity index (χ0v) is 11.2. The van der Waals surface area contributed by atoms with Gasteiger partial charge >= 0.3 is 0 Å². The van der Waals surface area contributed by atoms with Gasteiger partial charge in [0.1, 0.15) is 0 Å². The highest BCUT2D eigenvalue weighted by molar-refractivity contribution is 5.85. The zero-order chi connectivity index (χ0) is 11.3. The molecule has 3 N–H and O–H groups in total. The molecule has 0 aromatic heterocycles. The summed E-state index contributed by atoms with van der Waals surface area (Å²) in [5.41, 5.74) is 5.46. The van der Waals surface area contributed by atoms with Crippen LogP contribution in [0.2, 0.25) is 0 Å². The van der Waals surface area contributed by atoms with Gasteiger partial charge in [0.05, 0.1) is 0 Å². The second-order valence-corrected chi connectivity index (χ2v) is 5.03. The van der Waals surface area contributed by atoms with E-state index >= 15 is 0 Å². The van der Waals surface area contributed by atoms with Gasteiger partial charge < -0.3 is 11.1 Å². The topological polar surface area (TPSA) is 55.1 Å². The first kappa shape index (κ1) is 15.7. The number of nitrogens with two attached hydrogens (primary N) is 1. The SMILES string of the molecule is CC1CCC(CC(=O)N[C@H](C)CN)CC1.Cl. The van der Waals surface area contributed by atoms with Gasteiger partial charge in [-0.25, -0.2) is 0 Å². The fraction of sp³-hybridized carbons (Fsp3) is 0.917. The van der Waals surface area contributed by atoms with Gasteiger partial charge in [0, 0.05) is 19.0 Å². The lowest BCUT2D eigenvalue weighted by Crippen LogP contribution is -2.38. The largest absolute Gasteiger partial charge is 0.352 e. The summed E-state index contributed by atoms with van der Waals surface area (Å²) in [4.78, 5) is 11.6. The van der Waals surface area contributed by atoms with Crippen molar-refractivity contribution in [1.29, 1.82) is 0 Å². The summed E-state index contributed by atoms with van der Waals surface area (Å²) in [5.74, 6) is 1.63. The molecule has 0 heterocycles. The molecule has 0 radical (unpaired) electrons. The third-order valence-corrected chi connectivity index (χ3v) is 3.37. The summed E-state index contributed by atoms with van der Waals surface area (Å²) in [5, 5.41) is 2.92. The van der Waals surface area contributed by atoms with Crippen molar-refractivity contribution < 1.29 is 4.79 Å². The van der Waals surface area contributed by atoms with Crippen LogP contribution in [0.3, 0.4) is 0 Å². The third kappa shape index (κ3) is 5.71. The zero-order valence-electron chi connectivity index (χ0n) is 10.4. The number of carbonyl (C=O) groups excluding carboxylic acids is 1. The van der Waals surface area contributed by atoms with E-state index in [1.54, 1.807) is 0 Å². The van der Waals surface area contributed by atoms with Gasteiger partial charge in [-0.1, -0.05) is 19.8 Å². The Bertz CT molecular complexity index is 203. The van der Waals surface area contributed by atoms with Crippen molar-refractivity contribution in [3.63, 3.8) is 0 Å². The Morgan fingerprint density at radius 2 is 1.94 bits per heavy atom. The first-order chi connectivity index (χ1) is 7.11. The second kappa shape index (κ2) is 7.91. The van der Waals surface area contributed by atoms with Gasteiger partial charge in [0.25, 0.3) is 0 Å².